The Balaban J connectivity index is 1.51. The molecule has 2 aromatic rings. The van der Waals surface area contributed by atoms with Crippen molar-refractivity contribution in [2.75, 3.05) is 13.1 Å². The lowest BCUT2D eigenvalue weighted by Crippen LogP contribution is -2.64. The molecule has 0 spiro atoms. The van der Waals surface area contributed by atoms with Crippen LogP contribution >= 0.6 is 0 Å². The van der Waals surface area contributed by atoms with Gasteiger partial charge in [0.15, 0.2) is 5.65 Å². The summed E-state index contributed by atoms with van der Waals surface area (Å²) in [5, 5.41) is 4.88. The summed E-state index contributed by atoms with van der Waals surface area (Å²) in [7, 11) is 0. The van der Waals surface area contributed by atoms with Gasteiger partial charge in [-0.2, -0.15) is 5.10 Å². The molecule has 2 aromatic heterocycles. The van der Waals surface area contributed by atoms with E-state index in [0.29, 0.717) is 30.3 Å². The molecule has 0 bridgehead atoms. The van der Waals surface area contributed by atoms with Crippen LogP contribution < -0.4 is 0 Å². The van der Waals surface area contributed by atoms with Crippen LogP contribution in [0.2, 0.25) is 0 Å². The van der Waals surface area contributed by atoms with Gasteiger partial charge < -0.3 is 4.90 Å². The van der Waals surface area contributed by atoms with E-state index in [0.717, 1.165) is 24.1 Å². The van der Waals surface area contributed by atoms with Crippen molar-refractivity contribution in [1.82, 2.24) is 24.4 Å². The fourth-order valence-corrected chi connectivity index (χ4v) is 5.16. The van der Waals surface area contributed by atoms with Gasteiger partial charge in [0.05, 0.1) is 11.9 Å². The molecule has 4 heterocycles. The lowest BCUT2D eigenvalue weighted by atomic mass is 9.85. The van der Waals surface area contributed by atoms with Crippen molar-refractivity contribution in [1.29, 1.82) is 0 Å². The molecule has 1 aliphatic carbocycles. The summed E-state index contributed by atoms with van der Waals surface area (Å²) in [6.45, 7) is 12.9. The number of rotatable bonds is 3. The quantitative estimate of drug-likeness (QED) is 0.644. The molecule has 188 valence electrons. The molecule has 1 saturated heterocycles. The third-order valence-corrected chi connectivity index (χ3v) is 7.23. The lowest BCUT2D eigenvalue weighted by molar-refractivity contribution is -0.143. The van der Waals surface area contributed by atoms with Crippen molar-refractivity contribution in [3.8, 4) is 0 Å². The van der Waals surface area contributed by atoms with Crippen LogP contribution in [0, 0.1) is 0 Å². The third kappa shape index (κ3) is 4.08. The summed E-state index contributed by atoms with van der Waals surface area (Å²) in [5.74, 6) is 0.445. The lowest BCUT2D eigenvalue weighted by Gasteiger charge is -2.45. The summed E-state index contributed by atoms with van der Waals surface area (Å²) >= 11 is 0. The number of hydrogen-bond acceptors (Lipinski definition) is 5. The number of carbonyl (C=O) groups is 2. The highest BCUT2D eigenvalue weighted by Crippen LogP contribution is 2.33. The summed E-state index contributed by atoms with van der Waals surface area (Å²) in [6, 6.07) is 2.13. The third-order valence-electron chi connectivity index (χ3n) is 7.23. The van der Waals surface area contributed by atoms with Crippen LogP contribution in [0.1, 0.15) is 82.0 Å². The van der Waals surface area contributed by atoms with Gasteiger partial charge in [-0.3, -0.25) is 14.5 Å². The first-order chi connectivity index (χ1) is 17.0. The molecule has 36 heavy (non-hydrogen) atoms. The average molecular weight is 487 g/mol. The van der Waals surface area contributed by atoms with Crippen LogP contribution in [-0.2, 0) is 10.2 Å². The van der Waals surface area contributed by atoms with Gasteiger partial charge >= 0.3 is 0 Å². The molecule has 1 atom stereocenters. The molecule has 2 aliphatic heterocycles. The molecule has 1 unspecified atom stereocenters. The second-order valence-corrected chi connectivity index (χ2v) is 11.4. The maximum atomic E-state index is 13.7. The Kier molecular flexibility index (Phi) is 5.73. The minimum atomic E-state index is -1.02. The summed E-state index contributed by atoms with van der Waals surface area (Å²) in [5.41, 5.74) is 2.98. The Bertz CT molecular complexity index is 1370. The normalized spacial score (nSPS) is 21.8. The molecule has 0 N–H and O–H groups in total. The highest BCUT2D eigenvalue weighted by atomic mass is 16.2. The van der Waals surface area contributed by atoms with Crippen LogP contribution in [0.3, 0.4) is 0 Å². The molecule has 0 saturated carbocycles. The van der Waals surface area contributed by atoms with Crippen molar-refractivity contribution in [2.45, 2.75) is 71.3 Å². The number of imidazole rings is 1. The minimum Gasteiger partial charge on any atom is -0.321 e. The number of aromatic nitrogens is 3. The Morgan fingerprint density at radius 2 is 1.97 bits per heavy atom. The van der Waals surface area contributed by atoms with Gasteiger partial charge in [-0.25, -0.2) is 14.5 Å². The second-order valence-electron chi connectivity index (χ2n) is 11.4. The van der Waals surface area contributed by atoms with Crippen molar-refractivity contribution in [3.05, 3.63) is 64.9 Å². The van der Waals surface area contributed by atoms with Crippen LogP contribution in [0.4, 0.5) is 0 Å². The molecular weight excluding hydrogens is 452 g/mol. The molecule has 2 amide bonds. The highest BCUT2D eigenvalue weighted by Gasteiger charge is 2.46. The van der Waals surface area contributed by atoms with E-state index in [4.69, 9.17) is 10.1 Å². The molecule has 0 aromatic carbocycles. The molecule has 5 rings (SSSR count). The van der Waals surface area contributed by atoms with Gasteiger partial charge in [0.2, 0.25) is 0 Å². The topological polar surface area (TPSA) is 83.2 Å². The van der Waals surface area contributed by atoms with Crippen molar-refractivity contribution >= 4 is 23.7 Å². The first-order valence-corrected chi connectivity index (χ1v) is 12.6. The van der Waals surface area contributed by atoms with Gasteiger partial charge in [0, 0.05) is 37.2 Å². The number of piperazine rings is 1. The van der Waals surface area contributed by atoms with Gasteiger partial charge in [-0.15, -0.1) is 0 Å². The summed E-state index contributed by atoms with van der Waals surface area (Å²) in [4.78, 5) is 39.5. The van der Waals surface area contributed by atoms with Crippen molar-refractivity contribution in [2.24, 2.45) is 4.99 Å². The zero-order valence-corrected chi connectivity index (χ0v) is 21.9. The monoisotopic (exact) mass is 486 g/mol. The van der Waals surface area contributed by atoms with E-state index >= 15 is 0 Å². The number of aliphatic imine (C=N–C) groups is 1. The summed E-state index contributed by atoms with van der Waals surface area (Å²) < 4.78 is 1.74. The summed E-state index contributed by atoms with van der Waals surface area (Å²) in [6.07, 6.45) is 13.6. The number of carbonyl (C=O) groups excluding carboxylic acids is 2. The van der Waals surface area contributed by atoms with E-state index in [2.05, 4.69) is 57.0 Å². The number of fused-ring (bicyclic) bond motifs is 1. The van der Waals surface area contributed by atoms with Crippen LogP contribution in [0.15, 0.2) is 53.0 Å². The first kappa shape index (κ1) is 24.2. The number of hydrogen-bond donors (Lipinski definition) is 0. The molecule has 8 heteroatoms. The average Bonchev–Trinajstić information content (AvgIpc) is 3.49. The van der Waals surface area contributed by atoms with Gasteiger partial charge in [0.1, 0.15) is 17.1 Å². The molecule has 3 aliphatic rings. The zero-order chi connectivity index (χ0) is 25.8. The first-order valence-electron chi connectivity index (χ1n) is 12.6. The zero-order valence-electron chi connectivity index (χ0n) is 21.9. The highest BCUT2D eigenvalue weighted by molar-refractivity contribution is 5.99. The van der Waals surface area contributed by atoms with Crippen LogP contribution in [0.25, 0.3) is 5.65 Å². The van der Waals surface area contributed by atoms with E-state index in [9.17, 15) is 9.59 Å². The largest absolute Gasteiger partial charge is 0.321 e. The molecular formula is C28H34N6O2. The maximum absolute atomic E-state index is 13.7. The van der Waals surface area contributed by atoms with Gasteiger partial charge in [-0.1, -0.05) is 44.6 Å². The predicted molar refractivity (Wildman–Crippen MR) is 140 cm³/mol. The predicted octanol–water partition coefficient (Wildman–Crippen LogP) is 4.40. The van der Waals surface area contributed by atoms with E-state index in [1.165, 1.54) is 5.57 Å². The number of amides is 2. The Hall–Kier alpha value is -3.55. The van der Waals surface area contributed by atoms with E-state index in [1.807, 2.05) is 6.08 Å². The number of allylic oxidation sites excluding steroid dienone is 5. The molecule has 0 radical (unpaired) electrons. The number of nitrogens with zero attached hydrogens (tertiary/aromatic N) is 6. The van der Waals surface area contributed by atoms with Crippen LogP contribution in [0.5, 0.6) is 0 Å². The SMILES string of the molecule is CC1=CC(c2cc(C(C)(C)C)c3nc(C(=O)N4CCN(C5=CCC=N5)C(=O)C4(C)C)cn3n2)CC=C1. The Labute approximate surface area is 212 Å². The van der Waals surface area contributed by atoms with E-state index in [1.54, 1.807) is 40.6 Å². The second kappa shape index (κ2) is 8.54. The van der Waals surface area contributed by atoms with Crippen molar-refractivity contribution in [3.63, 3.8) is 0 Å². The Morgan fingerprint density at radius 1 is 1.19 bits per heavy atom. The smallest absolute Gasteiger partial charge is 0.275 e. The fraction of sp³-hybridized carbons (Fsp3) is 0.464. The fourth-order valence-electron chi connectivity index (χ4n) is 5.16. The molecule has 1 fully saturated rings. The maximum Gasteiger partial charge on any atom is 0.275 e. The van der Waals surface area contributed by atoms with E-state index in [-0.39, 0.29) is 23.1 Å². The molecule has 8 nitrogen and oxygen atoms in total. The van der Waals surface area contributed by atoms with E-state index < -0.39 is 5.54 Å². The van der Waals surface area contributed by atoms with Gasteiger partial charge in [-0.05, 0) is 44.7 Å². The minimum absolute atomic E-state index is 0.139. The van der Waals surface area contributed by atoms with Crippen LogP contribution in [-0.4, -0.2) is 61.1 Å². The Morgan fingerprint density at radius 3 is 2.64 bits per heavy atom. The van der Waals surface area contributed by atoms with Gasteiger partial charge in [0.25, 0.3) is 11.8 Å². The van der Waals surface area contributed by atoms with Crippen molar-refractivity contribution < 1.29 is 9.59 Å². The standard InChI is InChI=1S/C28H34N6O2/c1-18-9-7-10-19(15-18)21-16-20(27(2,3)4)24-30-22(17-34(24)31-21)25(35)33-14-13-32(23-11-8-12-29-23)26(36)28(33,5)6/h7,9,11-12,15-17,19H,8,10,13-14H2,1-6H3.